The third-order valence-corrected chi connectivity index (χ3v) is 3.19. The molecule has 0 saturated carbocycles. The van der Waals surface area contributed by atoms with E-state index in [0.717, 1.165) is 29.0 Å². The van der Waals surface area contributed by atoms with E-state index in [1.165, 1.54) is 0 Å². The zero-order chi connectivity index (χ0) is 15.6. The minimum absolute atomic E-state index is 0.510. The summed E-state index contributed by atoms with van der Waals surface area (Å²) < 4.78 is 16.7. The predicted molar refractivity (Wildman–Crippen MR) is 89.3 cm³/mol. The number of hydrogen-bond acceptors (Lipinski definition) is 3. The molecule has 2 rings (SSSR count). The van der Waals surface area contributed by atoms with Gasteiger partial charge in [0.05, 0.1) is 6.61 Å². The summed E-state index contributed by atoms with van der Waals surface area (Å²) >= 11 is 0. The van der Waals surface area contributed by atoms with Gasteiger partial charge in [-0.05, 0) is 23.3 Å². The summed E-state index contributed by atoms with van der Waals surface area (Å²) in [5.41, 5.74) is 2.13. The van der Waals surface area contributed by atoms with E-state index < -0.39 is 0 Å². The van der Waals surface area contributed by atoms with Crippen molar-refractivity contribution >= 4 is 6.08 Å². The Bertz CT molecular complexity index is 578. The Kier molecular flexibility index (Phi) is 6.52. The molecule has 3 nitrogen and oxygen atoms in total. The first kappa shape index (κ1) is 16.1. The molecular weight excluding hydrogens is 276 g/mol. The van der Waals surface area contributed by atoms with Crippen LogP contribution in [0, 0.1) is 0 Å². The van der Waals surface area contributed by atoms with Crippen molar-refractivity contribution in [1.82, 2.24) is 0 Å². The molecule has 0 bridgehead atoms. The average molecular weight is 298 g/mol. The zero-order valence-corrected chi connectivity index (χ0v) is 13.0. The van der Waals surface area contributed by atoms with E-state index in [1.807, 2.05) is 48.5 Å². The monoisotopic (exact) mass is 298 g/mol. The molecule has 0 amide bonds. The molecule has 0 atom stereocenters. The molecule has 0 aliphatic rings. The minimum Gasteiger partial charge on any atom is -0.490 e. The van der Waals surface area contributed by atoms with Crippen molar-refractivity contribution in [2.45, 2.75) is 13.0 Å². The molecular formula is C19H22O3. The van der Waals surface area contributed by atoms with Crippen LogP contribution in [0.15, 0.2) is 55.1 Å². The van der Waals surface area contributed by atoms with Gasteiger partial charge in [-0.15, -0.1) is 0 Å². The largest absolute Gasteiger partial charge is 0.490 e. The number of hydrogen-bond donors (Lipinski definition) is 0. The first-order chi connectivity index (χ1) is 10.8. The standard InChI is InChI=1S/C19H22O3/c1-3-16-10-11-18(21-13-7-12-20-2)19(14-16)22-15-17-8-5-4-6-9-17/h3-6,8-11,14H,1,7,12-13,15H2,2H3. The molecule has 0 unspecified atom stereocenters. The van der Waals surface area contributed by atoms with E-state index in [9.17, 15) is 0 Å². The number of benzene rings is 2. The van der Waals surface area contributed by atoms with Crippen LogP contribution < -0.4 is 9.47 Å². The maximum Gasteiger partial charge on any atom is 0.162 e. The molecule has 0 aliphatic carbocycles. The summed E-state index contributed by atoms with van der Waals surface area (Å²) in [6.07, 6.45) is 2.64. The Morgan fingerprint density at radius 1 is 0.955 bits per heavy atom. The van der Waals surface area contributed by atoms with E-state index in [2.05, 4.69) is 6.58 Å². The van der Waals surface area contributed by atoms with E-state index in [4.69, 9.17) is 14.2 Å². The molecule has 0 radical (unpaired) electrons. The van der Waals surface area contributed by atoms with Gasteiger partial charge in [0, 0.05) is 20.1 Å². The molecule has 0 fully saturated rings. The van der Waals surface area contributed by atoms with Gasteiger partial charge in [0.15, 0.2) is 11.5 Å². The second kappa shape index (κ2) is 8.90. The van der Waals surface area contributed by atoms with Gasteiger partial charge in [-0.1, -0.05) is 49.1 Å². The summed E-state index contributed by atoms with van der Waals surface area (Å²) in [7, 11) is 1.69. The van der Waals surface area contributed by atoms with Gasteiger partial charge in [-0.3, -0.25) is 0 Å². The molecule has 0 heterocycles. The molecule has 2 aromatic rings. The van der Waals surface area contributed by atoms with Crippen LogP contribution in [0.25, 0.3) is 6.08 Å². The Morgan fingerprint density at radius 3 is 2.50 bits per heavy atom. The van der Waals surface area contributed by atoms with Crippen LogP contribution in [0.1, 0.15) is 17.5 Å². The maximum absolute atomic E-state index is 5.92. The fourth-order valence-corrected chi connectivity index (χ4v) is 2.00. The van der Waals surface area contributed by atoms with E-state index in [1.54, 1.807) is 13.2 Å². The number of rotatable bonds is 9. The van der Waals surface area contributed by atoms with Crippen molar-refractivity contribution in [3.8, 4) is 11.5 Å². The van der Waals surface area contributed by atoms with Crippen LogP contribution >= 0.6 is 0 Å². The normalized spacial score (nSPS) is 10.2. The van der Waals surface area contributed by atoms with Crippen molar-refractivity contribution < 1.29 is 14.2 Å². The van der Waals surface area contributed by atoms with Gasteiger partial charge in [0.1, 0.15) is 6.61 Å². The molecule has 0 spiro atoms. The highest BCUT2D eigenvalue weighted by Gasteiger charge is 2.06. The van der Waals surface area contributed by atoms with Gasteiger partial charge in [-0.2, -0.15) is 0 Å². The highest BCUT2D eigenvalue weighted by atomic mass is 16.5. The molecule has 0 aliphatic heterocycles. The predicted octanol–water partition coefficient (Wildman–Crippen LogP) is 4.32. The fourth-order valence-electron chi connectivity index (χ4n) is 2.00. The van der Waals surface area contributed by atoms with E-state index >= 15 is 0 Å². The lowest BCUT2D eigenvalue weighted by molar-refractivity contribution is 0.169. The molecule has 22 heavy (non-hydrogen) atoms. The van der Waals surface area contributed by atoms with Crippen molar-refractivity contribution in [2.75, 3.05) is 20.3 Å². The van der Waals surface area contributed by atoms with Crippen LogP contribution in [-0.4, -0.2) is 20.3 Å². The summed E-state index contributed by atoms with van der Waals surface area (Å²) in [5, 5.41) is 0. The first-order valence-corrected chi connectivity index (χ1v) is 7.38. The Labute approximate surface area is 132 Å². The van der Waals surface area contributed by atoms with Crippen LogP contribution in [0.2, 0.25) is 0 Å². The lowest BCUT2D eigenvalue weighted by Crippen LogP contribution is -2.04. The van der Waals surface area contributed by atoms with Gasteiger partial charge < -0.3 is 14.2 Å². The Balaban J connectivity index is 2.03. The van der Waals surface area contributed by atoms with E-state index in [0.29, 0.717) is 19.8 Å². The van der Waals surface area contributed by atoms with Gasteiger partial charge in [-0.25, -0.2) is 0 Å². The smallest absolute Gasteiger partial charge is 0.162 e. The Hall–Kier alpha value is -2.26. The van der Waals surface area contributed by atoms with Gasteiger partial charge in [0.25, 0.3) is 0 Å². The highest BCUT2D eigenvalue weighted by Crippen LogP contribution is 2.29. The average Bonchev–Trinajstić information content (AvgIpc) is 2.58. The summed E-state index contributed by atoms with van der Waals surface area (Å²) in [6, 6.07) is 15.9. The Morgan fingerprint density at radius 2 is 1.77 bits per heavy atom. The molecule has 0 saturated heterocycles. The summed E-state index contributed by atoms with van der Waals surface area (Å²) in [6.45, 7) is 5.59. The van der Waals surface area contributed by atoms with Crippen molar-refractivity contribution in [1.29, 1.82) is 0 Å². The number of ether oxygens (including phenoxy) is 3. The zero-order valence-electron chi connectivity index (χ0n) is 13.0. The number of methoxy groups -OCH3 is 1. The molecule has 116 valence electrons. The van der Waals surface area contributed by atoms with Crippen LogP contribution in [0.3, 0.4) is 0 Å². The summed E-state index contributed by atoms with van der Waals surface area (Å²) in [4.78, 5) is 0. The van der Waals surface area contributed by atoms with Crippen LogP contribution in [-0.2, 0) is 11.3 Å². The van der Waals surface area contributed by atoms with Gasteiger partial charge >= 0.3 is 0 Å². The van der Waals surface area contributed by atoms with Crippen molar-refractivity contribution in [3.05, 3.63) is 66.2 Å². The van der Waals surface area contributed by atoms with E-state index in [-0.39, 0.29) is 0 Å². The molecule has 3 heteroatoms. The quantitative estimate of drug-likeness (QED) is 0.645. The fraction of sp³-hybridized carbons (Fsp3) is 0.263. The second-order valence-electron chi connectivity index (χ2n) is 4.88. The lowest BCUT2D eigenvalue weighted by Gasteiger charge is -2.13. The first-order valence-electron chi connectivity index (χ1n) is 7.38. The highest BCUT2D eigenvalue weighted by molar-refractivity contribution is 5.54. The molecule has 0 N–H and O–H groups in total. The third-order valence-electron chi connectivity index (χ3n) is 3.19. The van der Waals surface area contributed by atoms with Crippen LogP contribution in [0.4, 0.5) is 0 Å². The van der Waals surface area contributed by atoms with Crippen molar-refractivity contribution in [2.24, 2.45) is 0 Å². The molecule has 0 aromatic heterocycles. The molecule has 2 aromatic carbocycles. The van der Waals surface area contributed by atoms with Crippen molar-refractivity contribution in [3.63, 3.8) is 0 Å². The minimum atomic E-state index is 0.510. The van der Waals surface area contributed by atoms with Gasteiger partial charge in [0.2, 0.25) is 0 Å². The third kappa shape index (κ3) is 4.93. The summed E-state index contributed by atoms with van der Waals surface area (Å²) in [5.74, 6) is 1.48. The SMILES string of the molecule is C=Cc1ccc(OCCCOC)c(OCc2ccccc2)c1. The lowest BCUT2D eigenvalue weighted by atomic mass is 10.2. The van der Waals surface area contributed by atoms with Crippen LogP contribution in [0.5, 0.6) is 11.5 Å². The maximum atomic E-state index is 5.92. The second-order valence-corrected chi connectivity index (χ2v) is 4.88. The topological polar surface area (TPSA) is 27.7 Å².